The van der Waals surface area contributed by atoms with Gasteiger partial charge in [-0.05, 0) is 25.1 Å². The van der Waals surface area contributed by atoms with E-state index in [1.807, 2.05) is 6.07 Å². The minimum atomic E-state index is -0.299. The van der Waals surface area contributed by atoms with Gasteiger partial charge in [0.2, 0.25) is 0 Å². The maximum absolute atomic E-state index is 11.3. The van der Waals surface area contributed by atoms with Crippen molar-refractivity contribution < 1.29 is 9.53 Å². The SMILES string of the molecule is CCOC(=O)Cn1ncc2ccc(Cl)cc21. The fourth-order valence-corrected chi connectivity index (χ4v) is 1.66. The Balaban J connectivity index is 2.30. The molecular formula is C11H11ClN2O2. The molecule has 84 valence electrons. The van der Waals surface area contributed by atoms with Gasteiger partial charge >= 0.3 is 5.97 Å². The Morgan fingerprint density at radius 1 is 1.56 bits per heavy atom. The minimum absolute atomic E-state index is 0.109. The first kappa shape index (κ1) is 11.0. The molecule has 0 amide bonds. The molecule has 0 saturated heterocycles. The maximum atomic E-state index is 11.3. The fourth-order valence-electron chi connectivity index (χ4n) is 1.50. The topological polar surface area (TPSA) is 44.1 Å². The van der Waals surface area contributed by atoms with E-state index in [-0.39, 0.29) is 12.5 Å². The van der Waals surface area contributed by atoms with Crippen LogP contribution in [-0.4, -0.2) is 22.4 Å². The largest absolute Gasteiger partial charge is 0.465 e. The van der Waals surface area contributed by atoms with E-state index in [0.29, 0.717) is 11.6 Å². The monoisotopic (exact) mass is 238 g/mol. The molecule has 2 aromatic rings. The van der Waals surface area contributed by atoms with E-state index in [9.17, 15) is 4.79 Å². The molecule has 5 heteroatoms. The van der Waals surface area contributed by atoms with Crippen LogP contribution < -0.4 is 0 Å². The number of halogens is 1. The summed E-state index contributed by atoms with van der Waals surface area (Å²) in [6, 6.07) is 5.44. The Hall–Kier alpha value is -1.55. The molecule has 1 aromatic carbocycles. The van der Waals surface area contributed by atoms with Gasteiger partial charge in [-0.15, -0.1) is 0 Å². The first-order valence-corrected chi connectivity index (χ1v) is 5.35. The molecule has 0 aliphatic rings. The number of ether oxygens (including phenoxy) is 1. The minimum Gasteiger partial charge on any atom is -0.465 e. The number of fused-ring (bicyclic) bond motifs is 1. The number of carbonyl (C=O) groups excluding carboxylic acids is 1. The van der Waals surface area contributed by atoms with Gasteiger partial charge in [0.1, 0.15) is 6.54 Å². The molecule has 0 N–H and O–H groups in total. The quantitative estimate of drug-likeness (QED) is 0.771. The second-order valence-electron chi connectivity index (χ2n) is 3.31. The molecule has 0 saturated carbocycles. The third-order valence-electron chi connectivity index (χ3n) is 2.19. The second kappa shape index (κ2) is 4.53. The number of rotatable bonds is 3. The molecule has 0 atom stereocenters. The van der Waals surface area contributed by atoms with Crippen molar-refractivity contribution in [1.29, 1.82) is 0 Å². The zero-order chi connectivity index (χ0) is 11.5. The van der Waals surface area contributed by atoms with Crippen molar-refractivity contribution in [2.45, 2.75) is 13.5 Å². The highest BCUT2D eigenvalue weighted by atomic mass is 35.5. The predicted molar refractivity (Wildman–Crippen MR) is 61.4 cm³/mol. The van der Waals surface area contributed by atoms with Crippen LogP contribution in [0.1, 0.15) is 6.92 Å². The molecular weight excluding hydrogens is 228 g/mol. The van der Waals surface area contributed by atoms with Crippen LogP contribution in [0.15, 0.2) is 24.4 Å². The van der Waals surface area contributed by atoms with Crippen molar-refractivity contribution in [3.63, 3.8) is 0 Å². The summed E-state index contributed by atoms with van der Waals surface area (Å²) in [6.45, 7) is 2.26. The lowest BCUT2D eigenvalue weighted by atomic mass is 10.2. The van der Waals surface area contributed by atoms with E-state index in [4.69, 9.17) is 16.3 Å². The average Bonchev–Trinajstić information content (AvgIpc) is 2.61. The molecule has 0 unspecified atom stereocenters. The number of benzene rings is 1. The standard InChI is InChI=1S/C11H11ClN2O2/c1-2-16-11(15)7-14-10-5-9(12)4-3-8(10)6-13-14/h3-6H,2,7H2,1H3. The highest BCUT2D eigenvalue weighted by Gasteiger charge is 2.08. The fraction of sp³-hybridized carbons (Fsp3) is 0.273. The zero-order valence-electron chi connectivity index (χ0n) is 8.81. The van der Waals surface area contributed by atoms with Gasteiger partial charge in [-0.25, -0.2) is 0 Å². The van der Waals surface area contributed by atoms with Gasteiger partial charge in [-0.3, -0.25) is 9.48 Å². The van der Waals surface area contributed by atoms with Crippen LogP contribution in [0.5, 0.6) is 0 Å². The number of aromatic nitrogens is 2. The number of carbonyl (C=O) groups is 1. The normalized spacial score (nSPS) is 10.6. The van der Waals surface area contributed by atoms with E-state index in [0.717, 1.165) is 10.9 Å². The Kier molecular flexibility index (Phi) is 3.10. The molecule has 0 aliphatic carbocycles. The second-order valence-corrected chi connectivity index (χ2v) is 3.75. The van der Waals surface area contributed by atoms with E-state index >= 15 is 0 Å². The first-order chi connectivity index (χ1) is 7.70. The number of esters is 1. The highest BCUT2D eigenvalue weighted by Crippen LogP contribution is 2.18. The van der Waals surface area contributed by atoms with E-state index in [2.05, 4.69) is 5.10 Å². The maximum Gasteiger partial charge on any atom is 0.327 e. The lowest BCUT2D eigenvalue weighted by molar-refractivity contribution is -0.143. The molecule has 0 aliphatic heterocycles. The number of nitrogens with zero attached hydrogens (tertiary/aromatic N) is 2. The van der Waals surface area contributed by atoms with Gasteiger partial charge in [0, 0.05) is 10.4 Å². The van der Waals surface area contributed by atoms with Crippen molar-refractivity contribution in [2.75, 3.05) is 6.61 Å². The van der Waals surface area contributed by atoms with Crippen LogP contribution in [0.4, 0.5) is 0 Å². The van der Waals surface area contributed by atoms with Crippen LogP contribution in [0.2, 0.25) is 5.02 Å². The molecule has 16 heavy (non-hydrogen) atoms. The van der Waals surface area contributed by atoms with E-state index in [1.165, 1.54) is 0 Å². The van der Waals surface area contributed by atoms with Gasteiger partial charge in [-0.1, -0.05) is 11.6 Å². The molecule has 0 bridgehead atoms. The molecule has 1 aromatic heterocycles. The van der Waals surface area contributed by atoms with Gasteiger partial charge in [0.25, 0.3) is 0 Å². The summed E-state index contributed by atoms with van der Waals surface area (Å²) in [7, 11) is 0. The van der Waals surface area contributed by atoms with Crippen LogP contribution in [0.3, 0.4) is 0 Å². The first-order valence-electron chi connectivity index (χ1n) is 4.97. The summed E-state index contributed by atoms with van der Waals surface area (Å²) >= 11 is 5.89. The Morgan fingerprint density at radius 2 is 2.38 bits per heavy atom. The highest BCUT2D eigenvalue weighted by molar-refractivity contribution is 6.31. The summed E-state index contributed by atoms with van der Waals surface area (Å²) in [5.74, 6) is -0.299. The molecule has 1 heterocycles. The van der Waals surface area contributed by atoms with E-state index in [1.54, 1.807) is 29.9 Å². The van der Waals surface area contributed by atoms with Crippen LogP contribution in [-0.2, 0) is 16.1 Å². The average molecular weight is 239 g/mol. The van der Waals surface area contributed by atoms with E-state index < -0.39 is 0 Å². The Bertz CT molecular complexity index is 522. The summed E-state index contributed by atoms with van der Waals surface area (Å²) in [5.41, 5.74) is 0.834. The van der Waals surface area contributed by atoms with Crippen LogP contribution >= 0.6 is 11.6 Å². The third kappa shape index (κ3) is 2.17. The van der Waals surface area contributed by atoms with Gasteiger partial charge in [0.15, 0.2) is 0 Å². The number of hydrogen-bond donors (Lipinski definition) is 0. The lowest BCUT2D eigenvalue weighted by Crippen LogP contribution is -2.14. The molecule has 2 rings (SSSR count). The smallest absolute Gasteiger partial charge is 0.327 e. The van der Waals surface area contributed by atoms with Crippen LogP contribution in [0, 0.1) is 0 Å². The van der Waals surface area contributed by atoms with Crippen molar-refractivity contribution in [3.05, 3.63) is 29.4 Å². The van der Waals surface area contributed by atoms with Gasteiger partial charge < -0.3 is 4.74 Å². The Morgan fingerprint density at radius 3 is 3.12 bits per heavy atom. The summed E-state index contributed by atoms with van der Waals surface area (Å²) in [4.78, 5) is 11.3. The van der Waals surface area contributed by atoms with Gasteiger partial charge in [-0.2, -0.15) is 5.10 Å². The third-order valence-corrected chi connectivity index (χ3v) is 2.43. The number of hydrogen-bond acceptors (Lipinski definition) is 3. The van der Waals surface area contributed by atoms with Crippen molar-refractivity contribution in [1.82, 2.24) is 9.78 Å². The molecule has 0 fully saturated rings. The predicted octanol–water partition coefficient (Wildman–Crippen LogP) is 2.25. The van der Waals surface area contributed by atoms with Crippen molar-refractivity contribution >= 4 is 28.5 Å². The molecule has 0 radical (unpaired) electrons. The summed E-state index contributed by atoms with van der Waals surface area (Å²) in [6.07, 6.45) is 1.70. The molecule has 4 nitrogen and oxygen atoms in total. The summed E-state index contributed by atoms with van der Waals surface area (Å²) in [5, 5.41) is 5.69. The molecule has 0 spiro atoms. The van der Waals surface area contributed by atoms with Crippen LogP contribution in [0.25, 0.3) is 10.9 Å². The van der Waals surface area contributed by atoms with Gasteiger partial charge in [0.05, 0.1) is 18.3 Å². The van der Waals surface area contributed by atoms with Crippen molar-refractivity contribution in [3.8, 4) is 0 Å². The zero-order valence-corrected chi connectivity index (χ0v) is 9.57. The van der Waals surface area contributed by atoms with Crippen molar-refractivity contribution in [2.24, 2.45) is 0 Å². The lowest BCUT2D eigenvalue weighted by Gasteiger charge is -2.03. The summed E-state index contributed by atoms with van der Waals surface area (Å²) < 4.78 is 6.44. The Labute approximate surface area is 97.8 Å².